The van der Waals surface area contributed by atoms with Crippen molar-refractivity contribution in [2.75, 3.05) is 10.6 Å². The van der Waals surface area contributed by atoms with Crippen molar-refractivity contribution in [3.8, 4) is 5.75 Å². The number of benzene rings is 2. The van der Waals surface area contributed by atoms with Gasteiger partial charge in [0.2, 0.25) is 0 Å². The summed E-state index contributed by atoms with van der Waals surface area (Å²) in [6, 6.07) is 19.6. The van der Waals surface area contributed by atoms with Crippen molar-refractivity contribution in [2.45, 2.75) is 26.5 Å². The van der Waals surface area contributed by atoms with Crippen LogP contribution in [-0.4, -0.2) is 21.6 Å². The molecule has 4 rings (SSSR count). The second-order valence-electron chi connectivity index (χ2n) is 7.68. The Kier molecular flexibility index (Phi) is 7.42. The quantitative estimate of drug-likeness (QED) is 0.306. The van der Waals surface area contributed by atoms with E-state index in [1.165, 1.54) is 0 Å². The zero-order valence-corrected chi connectivity index (χ0v) is 19.4. The first-order valence-electron chi connectivity index (χ1n) is 11.2. The third-order valence-electron chi connectivity index (χ3n) is 5.22. The monoisotopic (exact) mass is 470 g/mol. The summed E-state index contributed by atoms with van der Waals surface area (Å²) in [7, 11) is 0. The maximum atomic E-state index is 12.7. The molecule has 35 heavy (non-hydrogen) atoms. The predicted octanol–water partition coefficient (Wildman–Crippen LogP) is 5.31. The van der Waals surface area contributed by atoms with Gasteiger partial charge in [0.1, 0.15) is 23.8 Å². The maximum Gasteiger partial charge on any atom is 0.291 e. The van der Waals surface area contributed by atoms with Crippen LogP contribution in [0.25, 0.3) is 0 Å². The Morgan fingerprint density at radius 2 is 1.80 bits per heavy atom. The standard InChI is InChI=1S/C27H26N4O4/c1-3-8-19-9-5-6-12-24(19)34-18-22-13-14-25(35-22)27(33)30-21-11-7-10-20(17-21)29-26(32)23-15-16-28-31(23)4-2/h3,5-7,9-17H,1,4,8,18H2,2H3,(H,29,32)(H,30,33). The van der Waals surface area contributed by atoms with Gasteiger partial charge >= 0.3 is 0 Å². The number of carbonyl (C=O) groups excluding carboxylic acids is 2. The van der Waals surface area contributed by atoms with Crippen molar-refractivity contribution in [3.63, 3.8) is 0 Å². The van der Waals surface area contributed by atoms with Crippen LogP contribution in [0.3, 0.4) is 0 Å². The molecule has 2 heterocycles. The summed E-state index contributed by atoms with van der Waals surface area (Å²) >= 11 is 0. The molecule has 0 saturated heterocycles. The second kappa shape index (κ2) is 11.0. The molecule has 2 aromatic carbocycles. The van der Waals surface area contributed by atoms with Gasteiger partial charge in [-0.25, -0.2) is 0 Å². The highest BCUT2D eigenvalue weighted by atomic mass is 16.5. The summed E-state index contributed by atoms with van der Waals surface area (Å²) in [6.07, 6.45) is 4.10. The molecular weight excluding hydrogens is 444 g/mol. The zero-order valence-electron chi connectivity index (χ0n) is 19.4. The molecule has 2 amide bonds. The topological polar surface area (TPSA) is 98.4 Å². The molecule has 8 heteroatoms. The average Bonchev–Trinajstić information content (AvgIpc) is 3.54. The van der Waals surface area contributed by atoms with E-state index in [1.807, 2.05) is 37.3 Å². The summed E-state index contributed by atoms with van der Waals surface area (Å²) < 4.78 is 13.1. The van der Waals surface area contributed by atoms with Crippen LogP contribution < -0.4 is 15.4 Å². The lowest BCUT2D eigenvalue weighted by molar-refractivity contribution is 0.0990. The molecular formula is C27H26N4O4. The van der Waals surface area contributed by atoms with Crippen LogP contribution in [0.1, 0.15) is 39.3 Å². The van der Waals surface area contributed by atoms with E-state index in [9.17, 15) is 9.59 Å². The Morgan fingerprint density at radius 1 is 1.03 bits per heavy atom. The molecule has 0 bridgehead atoms. The van der Waals surface area contributed by atoms with Gasteiger partial charge in [0.25, 0.3) is 11.8 Å². The molecule has 178 valence electrons. The lowest BCUT2D eigenvalue weighted by Crippen LogP contribution is -2.17. The van der Waals surface area contributed by atoms with E-state index < -0.39 is 5.91 Å². The van der Waals surface area contributed by atoms with Crippen molar-refractivity contribution >= 4 is 23.2 Å². The van der Waals surface area contributed by atoms with Gasteiger partial charge in [-0.05, 0) is 61.4 Å². The number of carbonyl (C=O) groups is 2. The van der Waals surface area contributed by atoms with Crippen molar-refractivity contribution in [2.24, 2.45) is 0 Å². The molecule has 0 aliphatic heterocycles. The summed E-state index contributed by atoms with van der Waals surface area (Å²) in [5, 5.41) is 9.72. The van der Waals surface area contributed by atoms with E-state index in [-0.39, 0.29) is 18.3 Å². The zero-order chi connectivity index (χ0) is 24.6. The summed E-state index contributed by atoms with van der Waals surface area (Å²) in [6.45, 7) is 6.46. The van der Waals surface area contributed by atoms with Gasteiger partial charge in [-0.15, -0.1) is 6.58 Å². The SMILES string of the molecule is C=CCc1ccccc1OCc1ccc(C(=O)Nc2cccc(NC(=O)c3ccnn3CC)c2)o1. The number of nitrogens with one attached hydrogen (secondary N) is 2. The number of anilines is 2. The van der Waals surface area contributed by atoms with E-state index in [4.69, 9.17) is 9.15 Å². The first kappa shape index (κ1) is 23.6. The largest absolute Gasteiger partial charge is 0.485 e. The van der Waals surface area contributed by atoms with Crippen molar-refractivity contribution in [1.29, 1.82) is 0 Å². The number of ether oxygens (including phenoxy) is 1. The number of aromatic nitrogens is 2. The number of hydrogen-bond acceptors (Lipinski definition) is 5. The minimum absolute atomic E-state index is 0.157. The molecule has 2 N–H and O–H groups in total. The Balaban J connectivity index is 1.36. The highest BCUT2D eigenvalue weighted by molar-refractivity contribution is 6.05. The van der Waals surface area contributed by atoms with E-state index in [1.54, 1.807) is 53.3 Å². The minimum atomic E-state index is -0.407. The highest BCUT2D eigenvalue weighted by Gasteiger charge is 2.14. The van der Waals surface area contributed by atoms with Crippen LogP contribution in [-0.2, 0) is 19.6 Å². The van der Waals surface area contributed by atoms with Gasteiger partial charge < -0.3 is 19.8 Å². The number of rotatable bonds is 10. The molecule has 0 atom stereocenters. The van der Waals surface area contributed by atoms with E-state index in [0.29, 0.717) is 35.8 Å². The van der Waals surface area contributed by atoms with Gasteiger partial charge in [-0.1, -0.05) is 30.3 Å². The molecule has 0 aliphatic rings. The first-order valence-corrected chi connectivity index (χ1v) is 11.2. The molecule has 0 radical (unpaired) electrons. The van der Waals surface area contributed by atoms with E-state index in [0.717, 1.165) is 11.3 Å². The average molecular weight is 471 g/mol. The Labute approximate surface area is 203 Å². The number of para-hydroxylation sites is 1. The van der Waals surface area contributed by atoms with Gasteiger partial charge in [0.15, 0.2) is 5.76 Å². The number of amides is 2. The van der Waals surface area contributed by atoms with E-state index >= 15 is 0 Å². The molecule has 8 nitrogen and oxygen atoms in total. The van der Waals surface area contributed by atoms with Crippen LogP contribution in [0.5, 0.6) is 5.75 Å². The summed E-state index contributed by atoms with van der Waals surface area (Å²) in [5.74, 6) is 0.742. The molecule has 0 saturated carbocycles. The third-order valence-corrected chi connectivity index (χ3v) is 5.22. The fourth-order valence-electron chi connectivity index (χ4n) is 3.54. The number of hydrogen-bond donors (Lipinski definition) is 2. The van der Waals surface area contributed by atoms with Gasteiger partial charge in [-0.3, -0.25) is 14.3 Å². The molecule has 0 spiro atoms. The van der Waals surface area contributed by atoms with Crippen molar-refractivity contribution in [3.05, 3.63) is 108 Å². The normalized spacial score (nSPS) is 10.5. The number of allylic oxidation sites excluding steroid dienone is 1. The number of nitrogens with zero attached hydrogens (tertiary/aromatic N) is 2. The van der Waals surface area contributed by atoms with Gasteiger partial charge in [-0.2, -0.15) is 5.10 Å². The minimum Gasteiger partial charge on any atom is -0.485 e. The number of aryl methyl sites for hydroxylation is 1. The summed E-state index contributed by atoms with van der Waals surface area (Å²) in [4.78, 5) is 25.2. The fraction of sp³-hybridized carbons (Fsp3) is 0.148. The molecule has 4 aromatic rings. The van der Waals surface area contributed by atoms with Crippen LogP contribution >= 0.6 is 0 Å². The summed E-state index contributed by atoms with van der Waals surface area (Å²) in [5.41, 5.74) is 2.55. The Hall–Kier alpha value is -4.59. The first-order chi connectivity index (χ1) is 17.1. The molecule has 0 fully saturated rings. The second-order valence-corrected chi connectivity index (χ2v) is 7.68. The van der Waals surface area contributed by atoms with Crippen LogP contribution in [0.2, 0.25) is 0 Å². The smallest absolute Gasteiger partial charge is 0.291 e. The van der Waals surface area contributed by atoms with E-state index in [2.05, 4.69) is 22.3 Å². The Bertz CT molecular complexity index is 1340. The fourth-order valence-corrected chi connectivity index (χ4v) is 3.54. The van der Waals surface area contributed by atoms with Crippen LogP contribution in [0.4, 0.5) is 11.4 Å². The highest BCUT2D eigenvalue weighted by Crippen LogP contribution is 2.22. The maximum absolute atomic E-state index is 12.7. The predicted molar refractivity (Wildman–Crippen MR) is 134 cm³/mol. The van der Waals surface area contributed by atoms with Crippen molar-refractivity contribution in [1.82, 2.24) is 9.78 Å². The van der Waals surface area contributed by atoms with Crippen molar-refractivity contribution < 1.29 is 18.7 Å². The lowest BCUT2D eigenvalue weighted by atomic mass is 10.1. The molecule has 0 aliphatic carbocycles. The third kappa shape index (κ3) is 5.86. The van der Waals surface area contributed by atoms with Gasteiger partial charge in [0.05, 0.1) is 0 Å². The molecule has 2 aromatic heterocycles. The number of furan rings is 1. The molecule has 0 unspecified atom stereocenters. The van der Waals surface area contributed by atoms with Gasteiger partial charge in [0, 0.05) is 24.1 Å². The Morgan fingerprint density at radius 3 is 2.57 bits per heavy atom. The lowest BCUT2D eigenvalue weighted by Gasteiger charge is -2.09. The van der Waals surface area contributed by atoms with Crippen LogP contribution in [0.15, 0.2) is 90.0 Å². The van der Waals surface area contributed by atoms with Crippen LogP contribution in [0, 0.1) is 0 Å².